The molecule has 0 spiro atoms. The third-order valence-corrected chi connectivity index (χ3v) is 6.72. The van der Waals surface area contributed by atoms with E-state index in [9.17, 15) is 5.11 Å². The average molecular weight is 465 g/mol. The summed E-state index contributed by atoms with van der Waals surface area (Å²) in [6.45, 7) is 3.77. The van der Waals surface area contributed by atoms with Crippen LogP contribution in [0.15, 0.2) is 64.7 Å². The number of aromatic nitrogens is 1. The minimum absolute atomic E-state index is 0.497. The first-order chi connectivity index (χ1) is 16.1. The first-order valence-corrected chi connectivity index (χ1v) is 11.9. The smallest absolute Gasteiger partial charge is 0.223 e. The van der Waals surface area contributed by atoms with Gasteiger partial charge >= 0.3 is 0 Å². The second kappa shape index (κ2) is 9.74. The van der Waals surface area contributed by atoms with Crippen LogP contribution in [0, 0.1) is 0 Å². The Kier molecular flexibility index (Phi) is 6.38. The number of para-hydroxylation sites is 1. The summed E-state index contributed by atoms with van der Waals surface area (Å²) in [4.78, 5) is 19.6. The van der Waals surface area contributed by atoms with Crippen LogP contribution in [-0.2, 0) is 0 Å². The van der Waals surface area contributed by atoms with Crippen molar-refractivity contribution in [3.63, 3.8) is 0 Å². The number of piperazine rings is 1. The zero-order valence-corrected chi connectivity index (χ0v) is 19.3. The minimum Gasteiger partial charge on any atom is -0.388 e. The number of anilines is 2. The molecule has 1 aliphatic carbocycles. The zero-order chi connectivity index (χ0) is 22.6. The largest absolute Gasteiger partial charge is 0.388 e. The molecule has 33 heavy (non-hydrogen) atoms. The fraction of sp³-hybridized carbons (Fsp3) is 0.348. The molecular weight excluding hydrogens is 436 g/mol. The van der Waals surface area contributed by atoms with Gasteiger partial charge in [0.25, 0.3) is 0 Å². The summed E-state index contributed by atoms with van der Waals surface area (Å²) in [7, 11) is 2.14. The highest BCUT2D eigenvalue weighted by Crippen LogP contribution is 2.31. The minimum atomic E-state index is -0.517. The Balaban J connectivity index is 1.35. The SMILES string of the molecule is CN1CCN(C2=NC(Nc3ncc(C4=CC=CCC4O)s3)N=C(Nc3ccccc3)N2)CC1. The van der Waals surface area contributed by atoms with Gasteiger partial charge in [-0.3, -0.25) is 5.32 Å². The molecule has 2 aromatic rings. The Bertz CT molecular complexity index is 1080. The van der Waals surface area contributed by atoms with Gasteiger partial charge in [0.15, 0.2) is 5.13 Å². The standard InChI is InChI=1S/C23H28N8OS/c1-30-11-13-31(14-12-30)22-27-20(25-16-7-3-2-4-8-16)26-21(28-22)29-23-24-15-19(33-23)17-9-5-6-10-18(17)32/h2-9,15,18,21,32H,10-14H2,1H3,(H,24,29)(H2,25,26,27,28). The maximum atomic E-state index is 10.3. The van der Waals surface area contributed by atoms with Gasteiger partial charge in [-0.25, -0.2) is 15.0 Å². The van der Waals surface area contributed by atoms with E-state index in [1.54, 1.807) is 6.20 Å². The molecule has 0 amide bonds. The van der Waals surface area contributed by atoms with E-state index in [0.29, 0.717) is 17.5 Å². The first kappa shape index (κ1) is 21.6. The number of rotatable bonds is 4. The lowest BCUT2D eigenvalue weighted by Crippen LogP contribution is -2.55. The third kappa shape index (κ3) is 5.24. The van der Waals surface area contributed by atoms with E-state index < -0.39 is 12.4 Å². The number of allylic oxidation sites excluding steroid dienone is 2. The number of benzene rings is 1. The Morgan fingerprint density at radius 3 is 2.73 bits per heavy atom. The van der Waals surface area contributed by atoms with Gasteiger partial charge in [-0.2, -0.15) is 0 Å². The van der Waals surface area contributed by atoms with Gasteiger partial charge in [0.1, 0.15) is 0 Å². The van der Waals surface area contributed by atoms with Crippen LogP contribution in [0.5, 0.6) is 0 Å². The van der Waals surface area contributed by atoms with Crippen LogP contribution in [0.4, 0.5) is 10.8 Å². The molecule has 1 fully saturated rings. The average Bonchev–Trinajstić information content (AvgIpc) is 3.28. The normalized spacial score (nSPS) is 23.3. The fourth-order valence-corrected chi connectivity index (χ4v) is 4.76. The maximum absolute atomic E-state index is 10.3. The summed E-state index contributed by atoms with van der Waals surface area (Å²) in [5.41, 5.74) is 1.84. The summed E-state index contributed by atoms with van der Waals surface area (Å²) < 4.78 is 0. The van der Waals surface area contributed by atoms with E-state index >= 15 is 0 Å². The molecule has 2 aliphatic heterocycles. The van der Waals surface area contributed by atoms with E-state index in [0.717, 1.165) is 48.3 Å². The first-order valence-electron chi connectivity index (χ1n) is 11.1. The van der Waals surface area contributed by atoms with Crippen LogP contribution in [0.1, 0.15) is 11.3 Å². The Morgan fingerprint density at radius 2 is 1.94 bits per heavy atom. The van der Waals surface area contributed by atoms with Gasteiger partial charge < -0.3 is 25.5 Å². The number of aliphatic hydroxyl groups is 1. The molecule has 5 rings (SSSR count). The molecule has 172 valence electrons. The molecule has 10 heteroatoms. The van der Waals surface area contributed by atoms with Gasteiger partial charge in [0.05, 0.1) is 11.0 Å². The van der Waals surface area contributed by atoms with Crippen molar-refractivity contribution in [2.45, 2.75) is 18.8 Å². The Hall–Kier alpha value is -3.21. The van der Waals surface area contributed by atoms with Crippen LogP contribution < -0.4 is 16.0 Å². The monoisotopic (exact) mass is 464 g/mol. The lowest BCUT2D eigenvalue weighted by Gasteiger charge is -2.36. The van der Waals surface area contributed by atoms with Crippen molar-refractivity contribution in [2.75, 3.05) is 43.9 Å². The molecule has 1 aromatic heterocycles. The number of aliphatic imine (C=N–C) groups is 2. The Morgan fingerprint density at radius 1 is 1.12 bits per heavy atom. The summed E-state index contributed by atoms with van der Waals surface area (Å²) in [5, 5.41) is 21.1. The fourth-order valence-electron chi connectivity index (χ4n) is 3.85. The van der Waals surface area contributed by atoms with Gasteiger partial charge in [-0.05, 0) is 31.2 Å². The van der Waals surface area contributed by atoms with Crippen molar-refractivity contribution in [3.05, 3.63) is 59.6 Å². The van der Waals surface area contributed by atoms with Crippen LogP contribution in [0.25, 0.3) is 5.57 Å². The molecule has 1 saturated heterocycles. The number of likely N-dealkylation sites (N-methyl/N-ethyl adjacent to an activating group) is 1. The highest BCUT2D eigenvalue weighted by molar-refractivity contribution is 7.16. The molecular formula is C23H28N8OS. The quantitative estimate of drug-likeness (QED) is 0.551. The summed E-state index contributed by atoms with van der Waals surface area (Å²) in [5.74, 6) is 1.43. The molecule has 9 nitrogen and oxygen atoms in total. The molecule has 1 aromatic carbocycles. The van der Waals surface area contributed by atoms with Crippen LogP contribution >= 0.6 is 11.3 Å². The van der Waals surface area contributed by atoms with Crippen molar-refractivity contribution >= 4 is 39.6 Å². The van der Waals surface area contributed by atoms with Crippen LogP contribution in [0.2, 0.25) is 0 Å². The number of aliphatic hydroxyl groups excluding tert-OH is 1. The highest BCUT2D eigenvalue weighted by atomic mass is 32.1. The number of nitrogens with one attached hydrogen (secondary N) is 3. The number of guanidine groups is 2. The molecule has 4 N–H and O–H groups in total. The molecule has 3 heterocycles. The van der Waals surface area contributed by atoms with Crippen LogP contribution in [0.3, 0.4) is 0 Å². The van der Waals surface area contributed by atoms with E-state index in [1.807, 2.05) is 48.6 Å². The lowest BCUT2D eigenvalue weighted by molar-refractivity contribution is 0.212. The van der Waals surface area contributed by atoms with E-state index in [2.05, 4.69) is 37.8 Å². The number of nitrogens with zero attached hydrogens (tertiary/aromatic N) is 5. The summed E-state index contributed by atoms with van der Waals surface area (Å²) in [6, 6.07) is 9.95. The van der Waals surface area contributed by atoms with Crippen molar-refractivity contribution in [1.29, 1.82) is 0 Å². The second-order valence-electron chi connectivity index (χ2n) is 8.19. The predicted molar refractivity (Wildman–Crippen MR) is 134 cm³/mol. The van der Waals surface area contributed by atoms with Crippen LogP contribution in [-0.4, -0.2) is 77.4 Å². The lowest BCUT2D eigenvalue weighted by atomic mass is 10.0. The highest BCUT2D eigenvalue weighted by Gasteiger charge is 2.25. The molecule has 2 atom stereocenters. The van der Waals surface area contributed by atoms with Gasteiger partial charge in [-0.1, -0.05) is 47.8 Å². The van der Waals surface area contributed by atoms with Gasteiger partial charge in [-0.15, -0.1) is 0 Å². The van der Waals surface area contributed by atoms with Crippen molar-refractivity contribution in [1.82, 2.24) is 20.1 Å². The van der Waals surface area contributed by atoms with Gasteiger partial charge in [0, 0.05) is 38.1 Å². The van der Waals surface area contributed by atoms with Crippen molar-refractivity contribution in [2.24, 2.45) is 9.98 Å². The number of hydrogen-bond donors (Lipinski definition) is 4. The summed E-state index contributed by atoms with van der Waals surface area (Å²) >= 11 is 1.50. The van der Waals surface area contributed by atoms with Crippen molar-refractivity contribution in [3.8, 4) is 0 Å². The topological polar surface area (TPSA) is 100 Å². The molecule has 0 radical (unpaired) electrons. The molecule has 2 unspecified atom stereocenters. The molecule has 0 bridgehead atoms. The molecule has 0 saturated carbocycles. The van der Waals surface area contributed by atoms with E-state index in [4.69, 9.17) is 9.98 Å². The predicted octanol–water partition coefficient (Wildman–Crippen LogP) is 2.22. The van der Waals surface area contributed by atoms with E-state index in [1.165, 1.54) is 11.3 Å². The number of hydrogen-bond acceptors (Lipinski definition) is 10. The van der Waals surface area contributed by atoms with Crippen molar-refractivity contribution < 1.29 is 5.11 Å². The third-order valence-electron chi connectivity index (χ3n) is 5.74. The second-order valence-corrected chi connectivity index (χ2v) is 9.22. The molecule has 3 aliphatic rings. The Labute approximate surface area is 197 Å². The zero-order valence-electron chi connectivity index (χ0n) is 18.5. The summed E-state index contributed by atoms with van der Waals surface area (Å²) in [6.07, 6.45) is 7.28. The van der Waals surface area contributed by atoms with E-state index in [-0.39, 0.29) is 0 Å². The number of thiazole rings is 1. The van der Waals surface area contributed by atoms with Gasteiger partial charge in [0.2, 0.25) is 18.2 Å². The maximum Gasteiger partial charge on any atom is 0.223 e.